The smallest absolute Gasteiger partial charge is 0.328 e. The van der Waals surface area contributed by atoms with Crippen LogP contribution in [0.3, 0.4) is 0 Å². The van der Waals surface area contributed by atoms with Crippen molar-refractivity contribution in [1.82, 2.24) is 5.32 Å². The molecule has 3 atom stereocenters. The number of amides is 2. The van der Waals surface area contributed by atoms with Crippen LogP contribution in [0.1, 0.15) is 72.1 Å². The molecule has 0 aromatic heterocycles. The first-order valence-corrected chi connectivity index (χ1v) is 13.9. The molecule has 2 aromatic rings. The highest BCUT2D eigenvalue weighted by molar-refractivity contribution is 6.30. The number of hydrogen-bond acceptors (Lipinski definition) is 7. The molecule has 0 bridgehead atoms. The largest absolute Gasteiger partial charge is 0.493 e. The number of nitrogens with one attached hydrogen (secondary N) is 1. The van der Waals surface area contributed by atoms with Crippen LogP contribution in [0.4, 0.5) is 5.69 Å². The van der Waals surface area contributed by atoms with Gasteiger partial charge in [-0.25, -0.2) is 4.79 Å². The Morgan fingerprint density at radius 2 is 1.73 bits per heavy atom. The fourth-order valence-corrected chi connectivity index (χ4v) is 4.80. The molecule has 2 amide bonds. The highest BCUT2D eigenvalue weighted by Gasteiger charge is 2.40. The van der Waals surface area contributed by atoms with E-state index in [2.05, 4.69) is 5.32 Å². The predicted octanol–water partition coefficient (Wildman–Crippen LogP) is 5.46. The second-order valence-corrected chi connectivity index (χ2v) is 12.7. The molecular weight excluding hydrogens is 548 g/mol. The highest BCUT2D eigenvalue weighted by atomic mass is 35.5. The zero-order valence-corrected chi connectivity index (χ0v) is 26.0. The Hall–Kier alpha value is -3.30. The van der Waals surface area contributed by atoms with Crippen molar-refractivity contribution in [2.45, 2.75) is 78.7 Å². The quantitative estimate of drug-likeness (QED) is 0.408. The number of hydrogen-bond donors (Lipinski definition) is 1. The van der Waals surface area contributed by atoms with Gasteiger partial charge in [-0.15, -0.1) is 0 Å². The summed E-state index contributed by atoms with van der Waals surface area (Å²) in [5, 5.41) is 3.11. The molecule has 3 rings (SSSR count). The summed E-state index contributed by atoms with van der Waals surface area (Å²) in [6.45, 7) is 13.2. The second-order valence-electron chi connectivity index (χ2n) is 12.3. The van der Waals surface area contributed by atoms with Gasteiger partial charge in [-0.2, -0.15) is 0 Å². The lowest BCUT2D eigenvalue weighted by Gasteiger charge is -2.31. The topological polar surface area (TPSA) is 103 Å². The zero-order valence-electron chi connectivity index (χ0n) is 25.3. The van der Waals surface area contributed by atoms with Crippen LogP contribution >= 0.6 is 11.6 Å². The number of halogens is 1. The summed E-state index contributed by atoms with van der Waals surface area (Å²) in [5.74, 6) is -0.566. The van der Waals surface area contributed by atoms with Crippen LogP contribution in [0.5, 0.6) is 11.5 Å². The summed E-state index contributed by atoms with van der Waals surface area (Å²) >= 11 is 6.46. The highest BCUT2D eigenvalue weighted by Crippen LogP contribution is 2.45. The first kappa shape index (κ1) is 32.2. The molecule has 1 aliphatic rings. The maximum absolute atomic E-state index is 14.1. The Bertz CT molecular complexity index is 1280. The van der Waals surface area contributed by atoms with Crippen LogP contribution in [0.2, 0.25) is 5.02 Å². The van der Waals surface area contributed by atoms with E-state index in [-0.39, 0.29) is 17.7 Å². The second kappa shape index (κ2) is 12.7. The maximum Gasteiger partial charge on any atom is 0.328 e. The molecule has 0 aliphatic carbocycles. The number of para-hydroxylation sites is 1. The molecule has 9 nitrogen and oxygen atoms in total. The number of fused-ring (bicyclic) bond motifs is 1. The number of esters is 1. The number of rotatable bonds is 8. The van der Waals surface area contributed by atoms with Crippen LogP contribution in [0.25, 0.3) is 0 Å². The molecule has 0 spiro atoms. The Morgan fingerprint density at radius 1 is 1.05 bits per heavy atom. The third kappa shape index (κ3) is 8.14. The molecule has 1 aliphatic heterocycles. The summed E-state index contributed by atoms with van der Waals surface area (Å²) in [7, 11) is 3.06. The number of benzene rings is 2. The minimum Gasteiger partial charge on any atom is -0.493 e. The van der Waals surface area contributed by atoms with Crippen molar-refractivity contribution in [3.63, 3.8) is 0 Å². The van der Waals surface area contributed by atoms with Crippen LogP contribution in [0.15, 0.2) is 36.4 Å². The van der Waals surface area contributed by atoms with E-state index in [9.17, 15) is 14.4 Å². The van der Waals surface area contributed by atoms with Crippen LogP contribution < -0.4 is 19.7 Å². The number of anilines is 1. The Labute approximate surface area is 247 Å². The lowest BCUT2D eigenvalue weighted by Crippen LogP contribution is -2.47. The fourth-order valence-electron chi connectivity index (χ4n) is 4.62. The molecule has 1 N–H and O–H groups in total. The Kier molecular flexibility index (Phi) is 9.98. The molecule has 224 valence electrons. The van der Waals surface area contributed by atoms with Crippen LogP contribution in [-0.4, -0.2) is 56.3 Å². The monoisotopic (exact) mass is 588 g/mol. The molecule has 10 heteroatoms. The minimum atomic E-state index is -1.18. The van der Waals surface area contributed by atoms with Gasteiger partial charge in [0.15, 0.2) is 11.5 Å². The summed E-state index contributed by atoms with van der Waals surface area (Å²) in [6, 6.07) is 9.74. The van der Waals surface area contributed by atoms with Crippen molar-refractivity contribution in [1.29, 1.82) is 0 Å². The van der Waals surface area contributed by atoms with Crippen molar-refractivity contribution < 1.29 is 33.3 Å². The van der Waals surface area contributed by atoms with Crippen LogP contribution in [0, 0.1) is 5.41 Å². The standard InChI is InChI=1S/C31H41ClN2O7/c1-18(29(37)41-31(5,6)7)33-25(35)16-24-28(36)34(17-30(2,3)4)22-14-13-19(32)15-21(22)26(40-24)20-11-10-12-23(38-8)27(20)39-9/h10-15,18,24,26H,16-17H2,1-9H3,(H,33,35)/t18-,24-,26-/m1/s1. The molecule has 1 heterocycles. The van der Waals surface area contributed by atoms with E-state index in [4.69, 9.17) is 30.5 Å². The first-order valence-electron chi connectivity index (χ1n) is 13.5. The molecule has 0 radical (unpaired) electrons. The number of nitrogens with zero attached hydrogens (tertiary/aromatic N) is 1. The summed E-state index contributed by atoms with van der Waals surface area (Å²) in [4.78, 5) is 41.4. The van der Waals surface area contributed by atoms with Crippen molar-refractivity contribution in [2.24, 2.45) is 5.41 Å². The van der Waals surface area contributed by atoms with E-state index < -0.39 is 35.7 Å². The lowest BCUT2D eigenvalue weighted by molar-refractivity contribution is -0.158. The normalized spacial score (nSPS) is 18.2. The van der Waals surface area contributed by atoms with Crippen molar-refractivity contribution in [3.8, 4) is 11.5 Å². The third-order valence-corrected chi connectivity index (χ3v) is 6.50. The van der Waals surface area contributed by atoms with Gasteiger partial charge >= 0.3 is 5.97 Å². The maximum atomic E-state index is 14.1. The number of carbonyl (C=O) groups excluding carboxylic acids is 3. The van der Waals surface area contributed by atoms with Gasteiger partial charge in [-0.05, 0) is 57.4 Å². The Balaban J connectivity index is 2.08. The zero-order chi connectivity index (χ0) is 30.7. The lowest BCUT2D eigenvalue weighted by atomic mass is 9.94. The van der Waals surface area contributed by atoms with Gasteiger partial charge in [0.1, 0.15) is 23.9 Å². The molecule has 0 saturated carbocycles. The third-order valence-electron chi connectivity index (χ3n) is 6.26. The van der Waals surface area contributed by atoms with E-state index in [0.29, 0.717) is 39.9 Å². The van der Waals surface area contributed by atoms with Gasteiger partial charge in [0.2, 0.25) is 5.91 Å². The van der Waals surface area contributed by atoms with Gasteiger partial charge in [0.05, 0.1) is 20.6 Å². The van der Waals surface area contributed by atoms with E-state index in [1.807, 2.05) is 26.8 Å². The van der Waals surface area contributed by atoms with Gasteiger partial charge in [-0.1, -0.05) is 44.5 Å². The van der Waals surface area contributed by atoms with Crippen LogP contribution in [-0.2, 0) is 23.9 Å². The minimum absolute atomic E-state index is 0.280. The van der Waals surface area contributed by atoms with E-state index in [1.54, 1.807) is 56.0 Å². The van der Waals surface area contributed by atoms with E-state index in [1.165, 1.54) is 21.1 Å². The van der Waals surface area contributed by atoms with E-state index in [0.717, 1.165) is 0 Å². The number of ether oxygens (including phenoxy) is 4. The molecule has 41 heavy (non-hydrogen) atoms. The summed E-state index contributed by atoms with van der Waals surface area (Å²) < 4.78 is 23.1. The summed E-state index contributed by atoms with van der Waals surface area (Å²) in [5.41, 5.74) is 0.882. The van der Waals surface area contributed by atoms with E-state index >= 15 is 0 Å². The average Bonchev–Trinajstić information content (AvgIpc) is 2.96. The number of carbonyl (C=O) groups is 3. The first-order chi connectivity index (χ1) is 19.0. The van der Waals surface area contributed by atoms with Crippen molar-refractivity contribution >= 4 is 35.1 Å². The van der Waals surface area contributed by atoms with Gasteiger partial charge in [0, 0.05) is 28.4 Å². The van der Waals surface area contributed by atoms with Gasteiger partial charge < -0.3 is 29.2 Å². The van der Waals surface area contributed by atoms with Crippen molar-refractivity contribution in [2.75, 3.05) is 25.7 Å². The average molecular weight is 589 g/mol. The molecule has 0 saturated heterocycles. The molecular formula is C31H41ClN2O7. The molecule has 2 aromatic carbocycles. The Morgan fingerprint density at radius 3 is 2.32 bits per heavy atom. The van der Waals surface area contributed by atoms with Gasteiger partial charge in [-0.3, -0.25) is 9.59 Å². The van der Waals surface area contributed by atoms with Crippen molar-refractivity contribution in [3.05, 3.63) is 52.5 Å². The predicted molar refractivity (Wildman–Crippen MR) is 158 cm³/mol. The molecule has 0 unspecified atom stereocenters. The molecule has 0 fully saturated rings. The van der Waals surface area contributed by atoms with Gasteiger partial charge in [0.25, 0.3) is 5.91 Å². The fraction of sp³-hybridized carbons (Fsp3) is 0.516. The number of methoxy groups -OCH3 is 2. The SMILES string of the molecule is COc1cccc([C@H]2O[C@H](CC(=O)N[C@H](C)C(=O)OC(C)(C)C)C(=O)N(CC(C)(C)C)c3ccc(Cl)cc32)c1OC. The summed E-state index contributed by atoms with van der Waals surface area (Å²) in [6.07, 6.45) is -2.34.